The van der Waals surface area contributed by atoms with E-state index in [2.05, 4.69) is 9.88 Å². The van der Waals surface area contributed by atoms with E-state index in [1.807, 2.05) is 31.7 Å². The van der Waals surface area contributed by atoms with Gasteiger partial charge in [-0.05, 0) is 13.8 Å². The maximum atomic E-state index is 12.3. The first-order chi connectivity index (χ1) is 11.3. The monoisotopic (exact) mass is 332 g/mol. The first kappa shape index (κ1) is 16.7. The number of hydrogen-bond donors (Lipinski definition) is 1. The van der Waals surface area contributed by atoms with Crippen molar-refractivity contribution in [3.63, 3.8) is 0 Å². The Morgan fingerprint density at radius 2 is 2.12 bits per heavy atom. The van der Waals surface area contributed by atoms with Crippen molar-refractivity contribution in [3.05, 3.63) is 29.9 Å². The molecule has 0 spiro atoms. The molecule has 0 aliphatic carbocycles. The molecule has 2 fully saturated rings. The normalized spacial score (nSPS) is 26.5. The number of carbonyl (C=O) groups is 2. The number of fused-ring (bicyclic) bond motifs is 1. The number of imidazole rings is 1. The summed E-state index contributed by atoms with van der Waals surface area (Å²) < 4.78 is 1.95. The second kappa shape index (κ2) is 6.05. The predicted molar refractivity (Wildman–Crippen MR) is 88.1 cm³/mol. The third kappa shape index (κ3) is 2.84. The highest BCUT2D eigenvalue weighted by Crippen LogP contribution is 2.43. The predicted octanol–water partition coefficient (Wildman–Crippen LogP) is 0.731. The van der Waals surface area contributed by atoms with Crippen LogP contribution in [0.5, 0.6) is 0 Å². The SMILES string of the molecule is CC(C)=CC(=O)N1C[C@H]2CN(Cc3nccn3C)C[C@@]2(C(=O)O)C1. The Morgan fingerprint density at radius 3 is 2.67 bits per heavy atom. The molecule has 1 N–H and O–H groups in total. The summed E-state index contributed by atoms with van der Waals surface area (Å²) in [6.45, 7) is 6.30. The van der Waals surface area contributed by atoms with Crippen LogP contribution in [0.4, 0.5) is 0 Å². The molecule has 2 aliphatic rings. The molecular weight excluding hydrogens is 308 g/mol. The molecule has 3 heterocycles. The number of likely N-dealkylation sites (tertiary alicyclic amines) is 2. The number of carboxylic acid groups (broad SMARTS) is 1. The van der Waals surface area contributed by atoms with Gasteiger partial charge in [-0.3, -0.25) is 14.5 Å². The molecule has 2 aliphatic heterocycles. The largest absolute Gasteiger partial charge is 0.481 e. The molecule has 7 nitrogen and oxygen atoms in total. The Balaban J connectivity index is 1.74. The van der Waals surface area contributed by atoms with Crippen LogP contribution in [-0.4, -0.2) is 62.5 Å². The highest BCUT2D eigenvalue weighted by molar-refractivity contribution is 5.89. The average Bonchev–Trinajstić information content (AvgIpc) is 3.12. The third-order valence-electron chi connectivity index (χ3n) is 5.12. The second-order valence-corrected chi connectivity index (χ2v) is 7.22. The minimum absolute atomic E-state index is 0.0372. The van der Waals surface area contributed by atoms with Gasteiger partial charge in [0.05, 0.1) is 6.54 Å². The van der Waals surface area contributed by atoms with Crippen LogP contribution in [0.3, 0.4) is 0 Å². The molecule has 1 aromatic rings. The lowest BCUT2D eigenvalue weighted by molar-refractivity contribution is -0.149. The summed E-state index contributed by atoms with van der Waals surface area (Å²) in [4.78, 5) is 32.4. The number of amides is 1. The van der Waals surface area contributed by atoms with Gasteiger partial charge in [-0.25, -0.2) is 4.98 Å². The highest BCUT2D eigenvalue weighted by atomic mass is 16.4. The van der Waals surface area contributed by atoms with Gasteiger partial charge in [0.15, 0.2) is 0 Å². The lowest BCUT2D eigenvalue weighted by Crippen LogP contribution is -2.41. The van der Waals surface area contributed by atoms with E-state index in [0.29, 0.717) is 26.2 Å². The maximum absolute atomic E-state index is 12.3. The van der Waals surface area contributed by atoms with Crippen LogP contribution >= 0.6 is 0 Å². The zero-order valence-corrected chi connectivity index (χ0v) is 14.4. The van der Waals surface area contributed by atoms with Crippen molar-refractivity contribution in [1.82, 2.24) is 19.4 Å². The van der Waals surface area contributed by atoms with Gasteiger partial charge in [0.1, 0.15) is 11.2 Å². The van der Waals surface area contributed by atoms with Crippen molar-refractivity contribution in [2.24, 2.45) is 18.4 Å². The number of carboxylic acids is 1. The first-order valence-electron chi connectivity index (χ1n) is 8.17. The van der Waals surface area contributed by atoms with Gasteiger partial charge in [0.2, 0.25) is 5.91 Å². The van der Waals surface area contributed by atoms with E-state index < -0.39 is 11.4 Å². The summed E-state index contributed by atoms with van der Waals surface area (Å²) in [5.74, 6) is 0.000725. The van der Waals surface area contributed by atoms with Crippen molar-refractivity contribution in [1.29, 1.82) is 0 Å². The van der Waals surface area contributed by atoms with Crippen molar-refractivity contribution >= 4 is 11.9 Å². The summed E-state index contributed by atoms with van der Waals surface area (Å²) in [6, 6.07) is 0. The Kier molecular flexibility index (Phi) is 4.21. The van der Waals surface area contributed by atoms with Crippen LogP contribution in [-0.2, 0) is 23.2 Å². The van der Waals surface area contributed by atoms with E-state index >= 15 is 0 Å². The highest BCUT2D eigenvalue weighted by Gasteiger charge is 2.58. The molecule has 2 saturated heterocycles. The van der Waals surface area contributed by atoms with E-state index in [0.717, 1.165) is 11.4 Å². The van der Waals surface area contributed by atoms with E-state index in [9.17, 15) is 14.7 Å². The fourth-order valence-corrected chi connectivity index (χ4v) is 3.85. The average molecular weight is 332 g/mol. The van der Waals surface area contributed by atoms with Gasteiger partial charge in [-0.15, -0.1) is 0 Å². The minimum atomic E-state index is -0.865. The molecule has 0 radical (unpaired) electrons. The van der Waals surface area contributed by atoms with Crippen LogP contribution in [0.25, 0.3) is 0 Å². The summed E-state index contributed by atoms with van der Waals surface area (Å²) in [5.41, 5.74) is 0.0638. The van der Waals surface area contributed by atoms with Gasteiger partial charge < -0.3 is 14.6 Å². The minimum Gasteiger partial charge on any atom is -0.481 e. The smallest absolute Gasteiger partial charge is 0.313 e. The third-order valence-corrected chi connectivity index (χ3v) is 5.12. The van der Waals surface area contributed by atoms with Crippen LogP contribution in [0.1, 0.15) is 19.7 Å². The molecule has 0 aromatic carbocycles. The number of aryl methyl sites for hydroxylation is 1. The molecule has 7 heteroatoms. The summed E-state index contributed by atoms with van der Waals surface area (Å²) in [6.07, 6.45) is 5.22. The van der Waals surface area contributed by atoms with Crippen LogP contribution in [0.15, 0.2) is 24.0 Å². The summed E-state index contributed by atoms with van der Waals surface area (Å²) >= 11 is 0. The Labute approximate surface area is 141 Å². The lowest BCUT2D eigenvalue weighted by Gasteiger charge is -2.25. The fourth-order valence-electron chi connectivity index (χ4n) is 3.85. The van der Waals surface area contributed by atoms with Crippen molar-refractivity contribution < 1.29 is 14.7 Å². The summed E-state index contributed by atoms with van der Waals surface area (Å²) in [7, 11) is 1.94. The van der Waals surface area contributed by atoms with Gasteiger partial charge in [-0.1, -0.05) is 5.57 Å². The number of rotatable bonds is 4. The molecule has 130 valence electrons. The van der Waals surface area contributed by atoms with Crippen LogP contribution < -0.4 is 0 Å². The quantitative estimate of drug-likeness (QED) is 0.823. The van der Waals surface area contributed by atoms with Crippen molar-refractivity contribution in [3.8, 4) is 0 Å². The molecule has 1 aromatic heterocycles. The molecular formula is C17H24N4O3. The van der Waals surface area contributed by atoms with Crippen LogP contribution in [0, 0.1) is 11.3 Å². The second-order valence-electron chi connectivity index (χ2n) is 7.22. The van der Waals surface area contributed by atoms with Gasteiger partial charge >= 0.3 is 5.97 Å². The molecule has 1 amide bonds. The molecule has 0 saturated carbocycles. The number of carbonyl (C=O) groups excluding carboxylic acids is 1. The standard InChI is InChI=1S/C17H24N4O3/c1-12(2)6-15(22)21-8-13-7-20(9-14-18-4-5-19(14)3)10-17(13,11-21)16(23)24/h4-6,13H,7-11H2,1-3H3,(H,23,24)/t13-,17-/m1/s1. The fraction of sp³-hybridized carbons (Fsp3) is 0.588. The number of aliphatic carboxylic acids is 1. The van der Waals surface area contributed by atoms with E-state index in [1.165, 1.54) is 0 Å². The first-order valence-corrected chi connectivity index (χ1v) is 8.17. The van der Waals surface area contributed by atoms with Gasteiger partial charge in [0.25, 0.3) is 0 Å². The zero-order valence-electron chi connectivity index (χ0n) is 14.4. The lowest BCUT2D eigenvalue weighted by atomic mass is 9.81. The van der Waals surface area contributed by atoms with Crippen molar-refractivity contribution in [2.45, 2.75) is 20.4 Å². The molecule has 24 heavy (non-hydrogen) atoms. The Morgan fingerprint density at radius 1 is 1.38 bits per heavy atom. The number of aromatic nitrogens is 2. The van der Waals surface area contributed by atoms with E-state index in [4.69, 9.17) is 0 Å². The topological polar surface area (TPSA) is 78.7 Å². The summed E-state index contributed by atoms with van der Waals surface area (Å²) in [5, 5.41) is 9.85. The Hall–Kier alpha value is -2.15. The Bertz CT molecular complexity index is 692. The van der Waals surface area contributed by atoms with E-state index in [1.54, 1.807) is 17.2 Å². The van der Waals surface area contributed by atoms with Gasteiger partial charge in [-0.2, -0.15) is 0 Å². The van der Waals surface area contributed by atoms with Crippen molar-refractivity contribution in [2.75, 3.05) is 26.2 Å². The molecule has 3 rings (SSSR count). The number of allylic oxidation sites excluding steroid dienone is 1. The zero-order chi connectivity index (χ0) is 17.5. The number of hydrogen-bond acceptors (Lipinski definition) is 4. The molecule has 0 unspecified atom stereocenters. The maximum Gasteiger partial charge on any atom is 0.313 e. The number of nitrogens with zero attached hydrogens (tertiary/aromatic N) is 4. The molecule has 0 bridgehead atoms. The van der Waals surface area contributed by atoms with Gasteiger partial charge in [0, 0.05) is 57.6 Å². The van der Waals surface area contributed by atoms with Crippen LogP contribution in [0.2, 0.25) is 0 Å². The van der Waals surface area contributed by atoms with E-state index in [-0.39, 0.29) is 18.4 Å². The molecule has 2 atom stereocenters.